The normalized spacial score (nSPS) is 18.3. The molecule has 2 heterocycles. The van der Waals surface area contributed by atoms with Crippen molar-refractivity contribution in [2.24, 2.45) is 0 Å². The topological polar surface area (TPSA) is 107 Å². The molecule has 0 spiro atoms. The maximum atomic E-state index is 13.0. The van der Waals surface area contributed by atoms with Gasteiger partial charge in [-0.05, 0) is 25.0 Å². The minimum Gasteiger partial charge on any atom is -0.379 e. The molecule has 0 bridgehead atoms. The van der Waals surface area contributed by atoms with Crippen LogP contribution in [0.5, 0.6) is 0 Å². The van der Waals surface area contributed by atoms with Crippen molar-refractivity contribution in [1.82, 2.24) is 20.5 Å². The second kappa shape index (κ2) is 10.9. The summed E-state index contributed by atoms with van der Waals surface area (Å²) < 4.78 is 5.40. The molecule has 2 aromatic rings. The van der Waals surface area contributed by atoms with Crippen molar-refractivity contribution in [3.63, 3.8) is 0 Å². The van der Waals surface area contributed by atoms with Crippen molar-refractivity contribution in [3.8, 4) is 17.3 Å². The van der Waals surface area contributed by atoms with Gasteiger partial charge in [0.25, 0.3) is 5.91 Å². The molecule has 0 radical (unpaired) electrons. The summed E-state index contributed by atoms with van der Waals surface area (Å²) in [5.41, 5.74) is 1.40. The second-order valence-corrected chi connectivity index (χ2v) is 9.47. The lowest BCUT2D eigenvalue weighted by atomic mass is 9.80. The molecule has 0 unspecified atom stereocenters. The molecule has 8 nitrogen and oxygen atoms in total. The molecule has 1 aliphatic heterocycles. The van der Waals surface area contributed by atoms with E-state index in [4.69, 9.17) is 15.0 Å². The number of hydrogen-bond acceptors (Lipinski definition) is 7. The van der Waals surface area contributed by atoms with E-state index >= 15 is 0 Å². The summed E-state index contributed by atoms with van der Waals surface area (Å²) in [6.07, 6.45) is 3.95. The molecule has 33 heavy (non-hydrogen) atoms. The Balaban J connectivity index is 1.41. The number of carbonyl (C=O) groups excluding carboxylic acids is 2. The fourth-order valence-corrected chi connectivity index (χ4v) is 5.25. The van der Waals surface area contributed by atoms with Crippen LogP contribution in [0.15, 0.2) is 29.6 Å². The van der Waals surface area contributed by atoms with Crippen molar-refractivity contribution in [3.05, 3.63) is 40.2 Å². The monoisotopic (exact) mass is 467 g/mol. The molecule has 2 aliphatic rings. The Morgan fingerprint density at radius 2 is 1.88 bits per heavy atom. The number of amides is 2. The zero-order chi connectivity index (χ0) is 23.1. The maximum absolute atomic E-state index is 13.0. The Bertz CT molecular complexity index is 1000. The van der Waals surface area contributed by atoms with E-state index in [1.165, 1.54) is 0 Å². The highest BCUT2D eigenvalue weighted by Crippen LogP contribution is 2.29. The van der Waals surface area contributed by atoms with Gasteiger partial charge in [-0.1, -0.05) is 31.4 Å². The molecule has 0 atom stereocenters. The predicted octanol–water partition coefficient (Wildman–Crippen LogP) is 2.71. The van der Waals surface area contributed by atoms with Crippen LogP contribution in [-0.4, -0.2) is 60.1 Å². The van der Waals surface area contributed by atoms with E-state index in [-0.39, 0.29) is 18.4 Å². The van der Waals surface area contributed by atoms with Crippen molar-refractivity contribution in [2.75, 3.05) is 32.8 Å². The molecule has 2 amide bonds. The molecule has 4 rings (SSSR count). The van der Waals surface area contributed by atoms with Crippen LogP contribution in [0, 0.1) is 11.3 Å². The minimum atomic E-state index is -0.950. The van der Waals surface area contributed by atoms with Crippen LogP contribution in [0.4, 0.5) is 0 Å². The van der Waals surface area contributed by atoms with E-state index in [0.29, 0.717) is 18.4 Å². The summed E-state index contributed by atoms with van der Waals surface area (Å²) >= 11 is 1.64. The lowest BCUT2D eigenvalue weighted by Gasteiger charge is -2.36. The van der Waals surface area contributed by atoms with E-state index in [1.54, 1.807) is 23.5 Å². The summed E-state index contributed by atoms with van der Waals surface area (Å²) in [6.45, 7) is 4.15. The highest BCUT2D eigenvalue weighted by atomic mass is 32.1. The number of thiazole rings is 1. The first-order chi connectivity index (χ1) is 16.1. The van der Waals surface area contributed by atoms with Gasteiger partial charge < -0.3 is 15.4 Å². The standard InChI is InChI=1S/C24H29N5O3S/c25-10-11-26-23(31)24(8-2-1-3-9-24)28-22(30)19-6-4-18(5-7-19)20-17-33-21(27-20)16-29-12-14-32-15-13-29/h4-7,17H,1-3,8-9,11-16H2,(H,26,31)(H,28,30). The Kier molecular flexibility index (Phi) is 7.70. The number of rotatable bonds is 7. The van der Waals surface area contributed by atoms with Gasteiger partial charge in [-0.3, -0.25) is 14.5 Å². The molecule has 1 saturated carbocycles. The summed E-state index contributed by atoms with van der Waals surface area (Å²) in [6, 6.07) is 9.26. The zero-order valence-corrected chi connectivity index (χ0v) is 19.5. The quantitative estimate of drug-likeness (QED) is 0.607. The van der Waals surface area contributed by atoms with Crippen LogP contribution < -0.4 is 10.6 Å². The summed E-state index contributed by atoms with van der Waals surface area (Å²) in [5.74, 6) is -0.550. The number of nitrogens with one attached hydrogen (secondary N) is 2. The van der Waals surface area contributed by atoms with Gasteiger partial charge in [0, 0.05) is 29.6 Å². The number of morpholine rings is 1. The van der Waals surface area contributed by atoms with Crippen LogP contribution in [-0.2, 0) is 16.1 Å². The molecule has 174 valence electrons. The average molecular weight is 468 g/mol. The third-order valence-electron chi connectivity index (χ3n) is 6.28. The van der Waals surface area contributed by atoms with E-state index in [9.17, 15) is 9.59 Å². The van der Waals surface area contributed by atoms with Crippen molar-refractivity contribution in [1.29, 1.82) is 5.26 Å². The van der Waals surface area contributed by atoms with E-state index in [2.05, 4.69) is 15.5 Å². The van der Waals surface area contributed by atoms with E-state index in [0.717, 1.165) is 68.4 Å². The minimum absolute atomic E-state index is 0.0632. The number of ether oxygens (including phenoxy) is 1. The van der Waals surface area contributed by atoms with Gasteiger partial charge in [0.1, 0.15) is 17.1 Å². The average Bonchev–Trinajstić information content (AvgIpc) is 3.32. The number of benzene rings is 1. The van der Waals surface area contributed by atoms with Crippen LogP contribution in [0.1, 0.15) is 47.5 Å². The van der Waals surface area contributed by atoms with E-state index in [1.807, 2.05) is 23.6 Å². The van der Waals surface area contributed by atoms with Gasteiger partial charge in [0.05, 0.1) is 31.5 Å². The lowest BCUT2D eigenvalue weighted by molar-refractivity contribution is -0.128. The Hall–Kier alpha value is -2.80. The molecule has 9 heteroatoms. The van der Waals surface area contributed by atoms with Gasteiger partial charge >= 0.3 is 0 Å². The summed E-state index contributed by atoms with van der Waals surface area (Å²) in [4.78, 5) is 32.8. The summed E-state index contributed by atoms with van der Waals surface area (Å²) in [5, 5.41) is 17.5. The summed E-state index contributed by atoms with van der Waals surface area (Å²) in [7, 11) is 0. The Morgan fingerprint density at radius 3 is 2.58 bits per heavy atom. The smallest absolute Gasteiger partial charge is 0.252 e. The third-order valence-corrected chi connectivity index (χ3v) is 7.11. The largest absolute Gasteiger partial charge is 0.379 e. The van der Waals surface area contributed by atoms with Gasteiger partial charge in [-0.25, -0.2) is 4.98 Å². The number of nitriles is 1. The maximum Gasteiger partial charge on any atom is 0.252 e. The lowest BCUT2D eigenvalue weighted by Crippen LogP contribution is -2.59. The van der Waals surface area contributed by atoms with Gasteiger partial charge in [0.2, 0.25) is 5.91 Å². The number of nitrogens with zero attached hydrogens (tertiary/aromatic N) is 3. The van der Waals surface area contributed by atoms with Gasteiger partial charge in [0.15, 0.2) is 0 Å². The van der Waals surface area contributed by atoms with Crippen LogP contribution in [0.2, 0.25) is 0 Å². The molecular formula is C24H29N5O3S. The van der Waals surface area contributed by atoms with Crippen LogP contribution in [0.3, 0.4) is 0 Å². The number of aromatic nitrogens is 1. The first-order valence-corrected chi connectivity index (χ1v) is 12.3. The molecule has 1 aromatic carbocycles. The van der Waals surface area contributed by atoms with Gasteiger partial charge in [-0.2, -0.15) is 5.26 Å². The molecule has 1 saturated heterocycles. The molecule has 1 aliphatic carbocycles. The molecule has 2 fully saturated rings. The second-order valence-electron chi connectivity index (χ2n) is 8.53. The van der Waals surface area contributed by atoms with E-state index < -0.39 is 5.54 Å². The zero-order valence-electron chi connectivity index (χ0n) is 18.6. The Labute approximate surface area is 197 Å². The number of carbonyl (C=O) groups is 2. The fraction of sp³-hybridized carbons (Fsp3) is 0.500. The predicted molar refractivity (Wildman–Crippen MR) is 126 cm³/mol. The SMILES string of the molecule is N#CCNC(=O)C1(NC(=O)c2ccc(-c3csc(CN4CCOCC4)n3)cc2)CCCCC1. The van der Waals surface area contributed by atoms with Gasteiger partial charge in [-0.15, -0.1) is 11.3 Å². The van der Waals surface area contributed by atoms with Crippen molar-refractivity contribution in [2.45, 2.75) is 44.2 Å². The third kappa shape index (κ3) is 5.77. The molecular weight excluding hydrogens is 438 g/mol. The fourth-order valence-electron chi connectivity index (χ4n) is 4.40. The molecule has 2 N–H and O–H groups in total. The van der Waals surface area contributed by atoms with Crippen LogP contribution in [0.25, 0.3) is 11.3 Å². The highest BCUT2D eigenvalue weighted by Gasteiger charge is 2.40. The first kappa shape index (κ1) is 23.4. The van der Waals surface area contributed by atoms with Crippen molar-refractivity contribution >= 4 is 23.2 Å². The molecule has 1 aromatic heterocycles. The first-order valence-electron chi connectivity index (χ1n) is 11.4. The van der Waals surface area contributed by atoms with Crippen LogP contribution >= 0.6 is 11.3 Å². The van der Waals surface area contributed by atoms with Crippen molar-refractivity contribution < 1.29 is 14.3 Å². The highest BCUT2D eigenvalue weighted by molar-refractivity contribution is 7.09. The Morgan fingerprint density at radius 1 is 1.15 bits per heavy atom. The number of hydrogen-bond donors (Lipinski definition) is 2.